The van der Waals surface area contributed by atoms with E-state index in [1.807, 2.05) is 0 Å². The second-order valence-corrected chi connectivity index (χ2v) is 11.7. The summed E-state index contributed by atoms with van der Waals surface area (Å²) in [6, 6.07) is 4.35. The van der Waals surface area contributed by atoms with E-state index in [1.54, 1.807) is 0 Å². The number of nitrogens with zero attached hydrogens (tertiary/aromatic N) is 2. The predicted molar refractivity (Wildman–Crippen MR) is 160 cm³/mol. The Balaban J connectivity index is 1.43. The molecule has 2 aromatic heterocycles. The molecule has 1 amide bonds. The number of hydrogen-bond donors (Lipinski definition) is 2. The third-order valence-electron chi connectivity index (χ3n) is 6.48. The van der Waals surface area contributed by atoms with Gasteiger partial charge in [0, 0.05) is 48.7 Å². The first-order chi connectivity index (χ1) is 21.4. The van der Waals surface area contributed by atoms with E-state index >= 15 is 8.78 Å². The van der Waals surface area contributed by atoms with Crippen molar-refractivity contribution < 1.29 is 57.1 Å². The molecule has 0 fully saturated rings. The molecular formula is C29H28F2N2O10S2. The first kappa shape index (κ1) is 33.3. The summed E-state index contributed by atoms with van der Waals surface area (Å²) < 4.78 is 53.5. The average Bonchev–Trinajstić information content (AvgIpc) is 3.64. The molecule has 4 rings (SSSR count). The van der Waals surface area contributed by atoms with Crippen molar-refractivity contribution in [3.05, 3.63) is 39.7 Å². The number of fused-ring (bicyclic) bond motifs is 2. The second-order valence-electron chi connectivity index (χ2n) is 9.57. The molecular weight excluding hydrogens is 638 g/mol. The minimum Gasteiger partial charge on any atom is -0.493 e. The number of hydrogen-bond acceptors (Lipinski definition) is 11. The van der Waals surface area contributed by atoms with Gasteiger partial charge < -0.3 is 34.1 Å². The number of carboxylic acid groups (broad SMARTS) is 2. The number of ketones is 1. The number of carbonyl (C=O) groups is 4. The van der Waals surface area contributed by atoms with Crippen molar-refractivity contribution in [2.24, 2.45) is 0 Å². The summed E-state index contributed by atoms with van der Waals surface area (Å²) in [5.41, 5.74) is -0.112. The van der Waals surface area contributed by atoms with E-state index in [9.17, 15) is 19.2 Å². The van der Waals surface area contributed by atoms with Gasteiger partial charge in [-0.1, -0.05) is 0 Å². The van der Waals surface area contributed by atoms with Crippen molar-refractivity contribution in [1.82, 2.24) is 9.88 Å². The lowest BCUT2D eigenvalue weighted by Gasteiger charge is -2.14. The van der Waals surface area contributed by atoms with Crippen LogP contribution in [-0.4, -0.2) is 84.8 Å². The van der Waals surface area contributed by atoms with Crippen molar-refractivity contribution in [1.29, 1.82) is 0 Å². The van der Waals surface area contributed by atoms with Crippen molar-refractivity contribution in [3.63, 3.8) is 0 Å². The van der Waals surface area contributed by atoms with Crippen LogP contribution >= 0.6 is 22.7 Å². The van der Waals surface area contributed by atoms with Crippen LogP contribution in [0.3, 0.4) is 0 Å². The van der Waals surface area contributed by atoms with E-state index < -0.39 is 35.3 Å². The zero-order chi connectivity index (χ0) is 32.8. The van der Waals surface area contributed by atoms with Crippen LogP contribution in [0.25, 0.3) is 20.3 Å². The van der Waals surface area contributed by atoms with Crippen LogP contribution in [0.4, 0.5) is 8.78 Å². The monoisotopic (exact) mass is 666 g/mol. The Hall–Kier alpha value is -4.57. The molecule has 0 atom stereocenters. The Kier molecular flexibility index (Phi) is 10.7. The summed E-state index contributed by atoms with van der Waals surface area (Å²) in [4.78, 5) is 52.1. The van der Waals surface area contributed by atoms with Crippen LogP contribution in [0.1, 0.15) is 45.2 Å². The van der Waals surface area contributed by atoms with Crippen molar-refractivity contribution in [2.75, 3.05) is 41.0 Å². The zero-order valence-electron chi connectivity index (χ0n) is 24.3. The van der Waals surface area contributed by atoms with Gasteiger partial charge in [0.1, 0.15) is 5.52 Å². The molecule has 0 aliphatic heterocycles. The van der Waals surface area contributed by atoms with Crippen LogP contribution in [0, 0.1) is 11.6 Å². The fraction of sp³-hybridized carbons (Fsp3) is 0.345. The Morgan fingerprint density at radius 2 is 1.44 bits per heavy atom. The van der Waals surface area contributed by atoms with Crippen molar-refractivity contribution in [3.8, 4) is 23.0 Å². The second kappa shape index (κ2) is 14.5. The van der Waals surface area contributed by atoms with Gasteiger partial charge in [0.25, 0.3) is 5.91 Å². The Bertz CT molecular complexity index is 1770. The number of ether oxygens (including phenoxy) is 4. The number of carboxylic acids is 2. The lowest BCUT2D eigenvalue weighted by molar-refractivity contribution is -0.138. The number of amides is 1. The van der Waals surface area contributed by atoms with E-state index in [4.69, 9.17) is 29.2 Å². The topological polar surface area (TPSA) is 162 Å². The van der Waals surface area contributed by atoms with Gasteiger partial charge in [-0.3, -0.25) is 19.2 Å². The van der Waals surface area contributed by atoms with Gasteiger partial charge in [0.05, 0.1) is 49.9 Å². The lowest BCUT2D eigenvalue weighted by atomic mass is 10.1. The molecule has 0 spiro atoms. The summed E-state index contributed by atoms with van der Waals surface area (Å²) in [6.07, 6.45) is -0.621. The largest absolute Gasteiger partial charge is 0.493 e. The van der Waals surface area contributed by atoms with Gasteiger partial charge in [0.15, 0.2) is 45.4 Å². The van der Waals surface area contributed by atoms with Gasteiger partial charge in [-0.15, -0.1) is 22.7 Å². The summed E-state index contributed by atoms with van der Waals surface area (Å²) in [6.45, 7) is -0.171. The van der Waals surface area contributed by atoms with Crippen LogP contribution in [0.15, 0.2) is 18.2 Å². The molecule has 4 aromatic rings. The van der Waals surface area contributed by atoms with Gasteiger partial charge >= 0.3 is 11.9 Å². The fourth-order valence-corrected chi connectivity index (χ4v) is 6.21. The van der Waals surface area contributed by atoms with Crippen LogP contribution in [0.5, 0.6) is 23.0 Å². The van der Waals surface area contributed by atoms with Gasteiger partial charge in [-0.05, 0) is 6.07 Å². The number of carbonyl (C=O) groups excluding carboxylic acids is 2. The van der Waals surface area contributed by atoms with E-state index in [0.29, 0.717) is 9.40 Å². The number of thiazole rings is 1. The van der Waals surface area contributed by atoms with E-state index in [2.05, 4.69) is 4.98 Å². The van der Waals surface area contributed by atoms with Gasteiger partial charge in [0.2, 0.25) is 0 Å². The number of Topliss-reactive ketones (excluding diaryl/α,β-unsaturated/α-hetero) is 1. The highest BCUT2D eigenvalue weighted by molar-refractivity contribution is 7.21. The third kappa shape index (κ3) is 7.57. The third-order valence-corrected chi connectivity index (χ3v) is 8.60. The molecule has 12 nitrogen and oxygen atoms in total. The molecule has 0 aliphatic carbocycles. The maximum absolute atomic E-state index is 15.5. The molecule has 0 saturated carbocycles. The van der Waals surface area contributed by atoms with Gasteiger partial charge in [-0.25, -0.2) is 13.8 Å². The molecule has 2 aromatic carbocycles. The summed E-state index contributed by atoms with van der Waals surface area (Å²) in [7, 11) is 4.08. The molecule has 2 N–H and O–H groups in total. The SMILES string of the molecule is COc1cc2sc(C(=O)CCC(=O)O)cc2c(F)c1OCCCOc1c(OC)cc2sc(C(=O)N(C)CCC(=O)O)nc2c1F. The summed E-state index contributed by atoms with van der Waals surface area (Å²) in [5, 5.41) is 17.8. The minimum atomic E-state index is -1.11. The van der Waals surface area contributed by atoms with E-state index in [-0.39, 0.29) is 89.2 Å². The molecule has 0 saturated heterocycles. The molecule has 2 heterocycles. The standard InChI is InChI=1S/C29H28F2N2O10S2/c1-33(8-7-22(37)38)29(39)28-32-25-20(45-28)13-17(41-3)27(24(25)31)43-10-4-9-42-26-16(40-2)12-18-14(23(26)30)11-19(44-18)15(34)5-6-21(35)36/h11-13H,4-10H2,1-3H3,(H,35,36)(H,37,38). The predicted octanol–water partition coefficient (Wildman–Crippen LogP) is 5.25. The Morgan fingerprint density at radius 3 is 2.04 bits per heavy atom. The molecule has 45 heavy (non-hydrogen) atoms. The fourth-order valence-electron chi connectivity index (χ4n) is 4.17. The Labute approximate surface area is 262 Å². The normalized spacial score (nSPS) is 11.0. The zero-order valence-corrected chi connectivity index (χ0v) is 25.9. The molecule has 240 valence electrons. The molecule has 0 aliphatic rings. The number of rotatable bonds is 16. The number of aromatic nitrogens is 1. The van der Waals surface area contributed by atoms with E-state index in [0.717, 1.165) is 22.7 Å². The number of methoxy groups -OCH3 is 2. The number of benzene rings is 2. The quantitative estimate of drug-likeness (QED) is 0.119. The molecule has 0 unspecified atom stereocenters. The van der Waals surface area contributed by atoms with Crippen molar-refractivity contribution >= 4 is 66.6 Å². The minimum absolute atomic E-state index is 0.0281. The maximum atomic E-state index is 15.5. The Morgan fingerprint density at radius 1 is 0.844 bits per heavy atom. The number of aliphatic carboxylic acids is 2. The summed E-state index contributed by atoms with van der Waals surface area (Å²) in [5.74, 6) is -5.02. The highest BCUT2D eigenvalue weighted by Gasteiger charge is 2.24. The van der Waals surface area contributed by atoms with Crippen LogP contribution in [0.2, 0.25) is 0 Å². The van der Waals surface area contributed by atoms with E-state index in [1.165, 1.54) is 44.4 Å². The highest BCUT2D eigenvalue weighted by Crippen LogP contribution is 2.41. The molecule has 0 radical (unpaired) electrons. The van der Waals surface area contributed by atoms with Crippen LogP contribution < -0.4 is 18.9 Å². The molecule has 16 heteroatoms. The van der Waals surface area contributed by atoms with Gasteiger partial charge in [-0.2, -0.15) is 0 Å². The van der Waals surface area contributed by atoms with Crippen LogP contribution in [-0.2, 0) is 9.59 Å². The summed E-state index contributed by atoms with van der Waals surface area (Å²) >= 11 is 1.95. The highest BCUT2D eigenvalue weighted by atomic mass is 32.1. The number of halogens is 2. The molecule has 0 bridgehead atoms. The number of thiophene rings is 1. The first-order valence-corrected chi connectivity index (χ1v) is 15.0. The lowest BCUT2D eigenvalue weighted by Crippen LogP contribution is -2.28. The van der Waals surface area contributed by atoms with Crippen molar-refractivity contribution in [2.45, 2.75) is 25.7 Å². The average molecular weight is 667 g/mol. The first-order valence-electron chi connectivity index (χ1n) is 13.4. The smallest absolute Gasteiger partial charge is 0.305 e. The maximum Gasteiger partial charge on any atom is 0.305 e.